The topological polar surface area (TPSA) is 104 Å². The fourth-order valence-electron chi connectivity index (χ4n) is 1.78. The molecule has 0 unspecified atom stereocenters. The van der Waals surface area contributed by atoms with Crippen molar-refractivity contribution in [3.63, 3.8) is 0 Å². The molecule has 1 aromatic rings. The van der Waals surface area contributed by atoms with E-state index < -0.39 is 23.7 Å². The van der Waals surface area contributed by atoms with E-state index >= 15 is 0 Å². The molecule has 0 amide bonds. The second-order valence-corrected chi connectivity index (χ2v) is 5.03. The minimum atomic E-state index is -1.30. The number of pyridine rings is 1. The highest BCUT2D eigenvalue weighted by atomic mass is 16.7. The SMILES string of the molecule is CCOC(=O)c1ccnc(NC=C2C(=O)OC(C)(C)OC2=O)c1. The minimum absolute atomic E-state index is 0.251. The Labute approximate surface area is 132 Å². The quantitative estimate of drug-likeness (QED) is 0.504. The lowest BCUT2D eigenvalue weighted by Crippen LogP contribution is -2.42. The smallest absolute Gasteiger partial charge is 0.350 e. The Bertz CT molecular complexity index is 658. The van der Waals surface area contributed by atoms with Crippen LogP contribution >= 0.6 is 0 Å². The van der Waals surface area contributed by atoms with Gasteiger partial charge in [0.05, 0.1) is 12.2 Å². The first-order chi connectivity index (χ1) is 10.8. The van der Waals surface area contributed by atoms with Crippen molar-refractivity contribution in [2.45, 2.75) is 26.6 Å². The summed E-state index contributed by atoms with van der Waals surface area (Å²) < 4.78 is 14.8. The molecule has 122 valence electrons. The number of carbonyl (C=O) groups is 3. The molecule has 1 fully saturated rings. The van der Waals surface area contributed by atoms with Gasteiger partial charge >= 0.3 is 17.9 Å². The standard InChI is InChI=1S/C15H16N2O6/c1-4-21-12(18)9-5-6-16-11(7-9)17-8-10-13(19)22-15(2,3)23-14(10)20/h5-8H,4H2,1-3H3,(H,16,17). The molecule has 0 radical (unpaired) electrons. The van der Waals surface area contributed by atoms with Crippen molar-refractivity contribution < 1.29 is 28.6 Å². The van der Waals surface area contributed by atoms with Crippen molar-refractivity contribution in [2.75, 3.05) is 11.9 Å². The van der Waals surface area contributed by atoms with E-state index in [1.54, 1.807) is 6.92 Å². The lowest BCUT2D eigenvalue weighted by Gasteiger charge is -2.29. The van der Waals surface area contributed by atoms with E-state index in [0.717, 1.165) is 6.20 Å². The number of aromatic nitrogens is 1. The third kappa shape index (κ3) is 4.06. The Morgan fingerprint density at radius 2 is 2.00 bits per heavy atom. The normalized spacial score (nSPS) is 16.2. The van der Waals surface area contributed by atoms with Crippen molar-refractivity contribution in [3.8, 4) is 0 Å². The summed E-state index contributed by atoms with van der Waals surface area (Å²) >= 11 is 0. The van der Waals surface area contributed by atoms with E-state index in [4.69, 9.17) is 14.2 Å². The number of hydrogen-bond acceptors (Lipinski definition) is 8. The van der Waals surface area contributed by atoms with Crippen LogP contribution in [0.25, 0.3) is 0 Å². The van der Waals surface area contributed by atoms with Crippen molar-refractivity contribution in [1.82, 2.24) is 4.98 Å². The highest BCUT2D eigenvalue weighted by molar-refractivity contribution is 6.15. The van der Waals surface area contributed by atoms with Crippen LogP contribution in [-0.2, 0) is 23.8 Å². The van der Waals surface area contributed by atoms with E-state index in [1.807, 2.05) is 0 Å². The minimum Gasteiger partial charge on any atom is -0.462 e. The van der Waals surface area contributed by atoms with Gasteiger partial charge in [0, 0.05) is 26.2 Å². The summed E-state index contributed by atoms with van der Waals surface area (Å²) in [6, 6.07) is 2.92. The molecule has 1 saturated heterocycles. The summed E-state index contributed by atoms with van der Waals surface area (Å²) in [5, 5.41) is 2.66. The van der Waals surface area contributed by atoms with E-state index in [9.17, 15) is 14.4 Å². The van der Waals surface area contributed by atoms with Crippen LogP contribution in [0.1, 0.15) is 31.1 Å². The fourth-order valence-corrected chi connectivity index (χ4v) is 1.78. The summed E-state index contributed by atoms with van der Waals surface area (Å²) in [5.41, 5.74) is -0.00894. The predicted molar refractivity (Wildman–Crippen MR) is 78.2 cm³/mol. The van der Waals surface area contributed by atoms with Gasteiger partial charge in [-0.25, -0.2) is 19.4 Å². The van der Waals surface area contributed by atoms with Gasteiger partial charge in [-0.15, -0.1) is 0 Å². The number of nitrogens with one attached hydrogen (secondary N) is 1. The highest BCUT2D eigenvalue weighted by Gasteiger charge is 2.38. The summed E-state index contributed by atoms with van der Waals surface area (Å²) in [4.78, 5) is 39.2. The van der Waals surface area contributed by atoms with Crippen molar-refractivity contribution >= 4 is 23.7 Å². The second-order valence-electron chi connectivity index (χ2n) is 5.03. The van der Waals surface area contributed by atoms with Crippen LogP contribution in [-0.4, -0.2) is 35.3 Å². The molecular weight excluding hydrogens is 304 g/mol. The Kier molecular flexibility index (Phi) is 4.63. The van der Waals surface area contributed by atoms with Gasteiger partial charge in [0.2, 0.25) is 0 Å². The Morgan fingerprint density at radius 3 is 2.61 bits per heavy atom. The predicted octanol–water partition coefficient (Wildman–Crippen LogP) is 1.39. The first-order valence-corrected chi connectivity index (χ1v) is 6.89. The molecule has 1 aliphatic heterocycles. The number of carbonyl (C=O) groups excluding carboxylic acids is 3. The first kappa shape index (κ1) is 16.5. The molecule has 23 heavy (non-hydrogen) atoms. The van der Waals surface area contributed by atoms with E-state index in [-0.39, 0.29) is 23.6 Å². The van der Waals surface area contributed by atoms with Crippen LogP contribution in [0.3, 0.4) is 0 Å². The molecule has 0 aromatic carbocycles. The summed E-state index contributed by atoms with van der Waals surface area (Å²) in [6.07, 6.45) is 2.52. The van der Waals surface area contributed by atoms with Crippen LogP contribution in [0.4, 0.5) is 5.82 Å². The first-order valence-electron chi connectivity index (χ1n) is 6.89. The monoisotopic (exact) mass is 320 g/mol. The summed E-state index contributed by atoms with van der Waals surface area (Å²) in [5.74, 6) is -3.15. The molecule has 0 bridgehead atoms. The maximum absolute atomic E-state index is 11.8. The highest BCUT2D eigenvalue weighted by Crippen LogP contribution is 2.22. The molecular formula is C15H16N2O6. The zero-order valence-electron chi connectivity index (χ0n) is 12.9. The fraction of sp³-hybridized carbons (Fsp3) is 0.333. The van der Waals surface area contributed by atoms with Crippen LogP contribution in [0.5, 0.6) is 0 Å². The molecule has 2 heterocycles. The van der Waals surface area contributed by atoms with E-state index in [1.165, 1.54) is 32.2 Å². The summed E-state index contributed by atoms with van der Waals surface area (Å²) in [6.45, 7) is 4.86. The maximum Gasteiger partial charge on any atom is 0.350 e. The molecule has 8 heteroatoms. The Hall–Kier alpha value is -2.90. The molecule has 0 saturated carbocycles. The third-order valence-corrected chi connectivity index (χ3v) is 2.75. The largest absolute Gasteiger partial charge is 0.462 e. The van der Waals surface area contributed by atoms with Gasteiger partial charge in [-0.1, -0.05) is 0 Å². The molecule has 0 spiro atoms. The van der Waals surface area contributed by atoms with Gasteiger partial charge in [0.1, 0.15) is 5.82 Å². The maximum atomic E-state index is 11.8. The molecule has 1 aromatic heterocycles. The van der Waals surface area contributed by atoms with Gasteiger partial charge in [-0.05, 0) is 19.1 Å². The molecule has 0 aliphatic carbocycles. The van der Waals surface area contributed by atoms with Crippen LogP contribution in [0.15, 0.2) is 30.1 Å². The van der Waals surface area contributed by atoms with Gasteiger partial charge in [-0.3, -0.25) is 0 Å². The molecule has 1 N–H and O–H groups in total. The van der Waals surface area contributed by atoms with Gasteiger partial charge < -0.3 is 19.5 Å². The molecule has 1 aliphatic rings. The number of nitrogens with zero attached hydrogens (tertiary/aromatic N) is 1. The van der Waals surface area contributed by atoms with Crippen LogP contribution in [0, 0.1) is 0 Å². The zero-order valence-corrected chi connectivity index (χ0v) is 12.9. The molecule has 0 atom stereocenters. The number of cyclic esters (lactones) is 2. The van der Waals surface area contributed by atoms with E-state index in [0.29, 0.717) is 0 Å². The van der Waals surface area contributed by atoms with Gasteiger partial charge in [0.15, 0.2) is 5.57 Å². The van der Waals surface area contributed by atoms with Crippen molar-refractivity contribution in [2.24, 2.45) is 0 Å². The lowest BCUT2D eigenvalue weighted by atomic mass is 10.2. The zero-order chi connectivity index (χ0) is 17.0. The molecule has 8 nitrogen and oxygen atoms in total. The summed E-state index contributed by atoms with van der Waals surface area (Å²) in [7, 11) is 0. The number of hydrogen-bond donors (Lipinski definition) is 1. The second kappa shape index (κ2) is 6.47. The van der Waals surface area contributed by atoms with Crippen molar-refractivity contribution in [3.05, 3.63) is 35.7 Å². The number of esters is 3. The van der Waals surface area contributed by atoms with Crippen LogP contribution < -0.4 is 5.32 Å². The third-order valence-electron chi connectivity index (χ3n) is 2.75. The number of ether oxygens (including phenoxy) is 3. The van der Waals surface area contributed by atoms with Crippen LogP contribution in [0.2, 0.25) is 0 Å². The van der Waals surface area contributed by atoms with E-state index in [2.05, 4.69) is 10.3 Å². The van der Waals surface area contributed by atoms with Crippen molar-refractivity contribution in [1.29, 1.82) is 0 Å². The molecule has 2 rings (SSSR count). The average molecular weight is 320 g/mol. The lowest BCUT2D eigenvalue weighted by molar-refractivity contribution is -0.222. The number of anilines is 1. The van der Waals surface area contributed by atoms with Gasteiger partial charge in [0.25, 0.3) is 5.79 Å². The number of rotatable bonds is 4. The van der Waals surface area contributed by atoms with Gasteiger partial charge in [-0.2, -0.15) is 0 Å². The average Bonchev–Trinajstić information content (AvgIpc) is 2.45. The Balaban J connectivity index is 2.14. The Morgan fingerprint density at radius 1 is 1.35 bits per heavy atom.